The molecule has 0 spiro atoms. The van der Waals surface area contributed by atoms with Crippen LogP contribution < -0.4 is 0 Å². The van der Waals surface area contributed by atoms with Crippen molar-refractivity contribution in [2.24, 2.45) is 0 Å². The monoisotopic (exact) mass is 368 g/mol. The van der Waals surface area contributed by atoms with Crippen LogP contribution >= 0.6 is 11.8 Å². The molecule has 1 amide bonds. The first kappa shape index (κ1) is 19.5. The Morgan fingerprint density at radius 3 is 2.35 bits per heavy atom. The summed E-state index contributed by atoms with van der Waals surface area (Å²) >= 11 is 1.43. The predicted molar refractivity (Wildman–Crippen MR) is 101 cm³/mol. The zero-order chi connectivity index (χ0) is 18.9. The normalized spacial score (nSPS) is 11.4. The van der Waals surface area contributed by atoms with Gasteiger partial charge in [-0.05, 0) is 30.2 Å². The van der Waals surface area contributed by atoms with Crippen molar-refractivity contribution in [3.05, 3.63) is 71.3 Å². The first-order valence-electron chi connectivity index (χ1n) is 8.14. The van der Waals surface area contributed by atoms with Crippen LogP contribution in [0.3, 0.4) is 0 Å². The molecular formula is C20H20N2O3S. The topological polar surface area (TPSA) is 81.4 Å². The Morgan fingerprint density at radius 2 is 1.77 bits per heavy atom. The second kappa shape index (κ2) is 9.64. The summed E-state index contributed by atoms with van der Waals surface area (Å²) in [4.78, 5) is 25.3. The van der Waals surface area contributed by atoms with Gasteiger partial charge in [-0.3, -0.25) is 4.79 Å². The van der Waals surface area contributed by atoms with Crippen molar-refractivity contribution in [1.82, 2.24) is 4.90 Å². The second-order valence-electron chi connectivity index (χ2n) is 5.82. The number of amides is 1. The number of carboxylic acids is 1. The molecule has 0 bridgehead atoms. The van der Waals surface area contributed by atoms with Crippen LogP contribution in [0.2, 0.25) is 0 Å². The molecule has 5 nitrogen and oxygen atoms in total. The lowest BCUT2D eigenvalue weighted by Crippen LogP contribution is -2.43. The number of carbonyl (C=O) groups is 2. The molecule has 0 heterocycles. The van der Waals surface area contributed by atoms with Crippen LogP contribution in [0.15, 0.2) is 54.6 Å². The lowest BCUT2D eigenvalue weighted by molar-refractivity contribution is -0.148. The molecule has 0 saturated carbocycles. The van der Waals surface area contributed by atoms with E-state index in [-0.39, 0.29) is 18.2 Å². The zero-order valence-corrected chi connectivity index (χ0v) is 15.3. The van der Waals surface area contributed by atoms with Gasteiger partial charge in [-0.2, -0.15) is 5.26 Å². The van der Waals surface area contributed by atoms with E-state index in [1.54, 1.807) is 12.1 Å². The SMILES string of the molecule is CC(C(=O)O)N(Cc1ccccc1)C(=O)CSCc1ccc(C#N)cc1. The fourth-order valence-corrected chi connectivity index (χ4v) is 3.24. The van der Waals surface area contributed by atoms with Crippen LogP contribution in [0.5, 0.6) is 0 Å². The smallest absolute Gasteiger partial charge is 0.326 e. The molecule has 1 N–H and O–H groups in total. The zero-order valence-electron chi connectivity index (χ0n) is 14.5. The molecule has 134 valence electrons. The Morgan fingerprint density at radius 1 is 1.12 bits per heavy atom. The maximum absolute atomic E-state index is 12.6. The van der Waals surface area contributed by atoms with E-state index in [9.17, 15) is 14.7 Å². The third-order valence-electron chi connectivity index (χ3n) is 3.92. The number of aliphatic carboxylic acids is 1. The van der Waals surface area contributed by atoms with Gasteiger partial charge in [0.15, 0.2) is 0 Å². The molecular weight excluding hydrogens is 348 g/mol. The minimum absolute atomic E-state index is 0.199. The highest BCUT2D eigenvalue weighted by molar-refractivity contribution is 7.99. The van der Waals surface area contributed by atoms with Gasteiger partial charge in [0.2, 0.25) is 5.91 Å². The highest BCUT2D eigenvalue weighted by Crippen LogP contribution is 2.16. The van der Waals surface area contributed by atoms with Gasteiger partial charge < -0.3 is 10.0 Å². The first-order chi connectivity index (χ1) is 12.5. The standard InChI is InChI=1S/C20H20N2O3S/c1-15(20(24)25)22(12-17-5-3-2-4-6-17)19(23)14-26-13-18-9-7-16(11-21)8-10-18/h2-10,15H,12-14H2,1H3,(H,24,25). The van der Waals surface area contributed by atoms with Gasteiger partial charge in [0.25, 0.3) is 0 Å². The van der Waals surface area contributed by atoms with Crippen molar-refractivity contribution >= 4 is 23.6 Å². The van der Waals surface area contributed by atoms with Gasteiger partial charge >= 0.3 is 5.97 Å². The summed E-state index contributed by atoms with van der Waals surface area (Å²) in [6, 6.07) is 17.7. The summed E-state index contributed by atoms with van der Waals surface area (Å²) in [6.45, 7) is 1.79. The summed E-state index contributed by atoms with van der Waals surface area (Å²) < 4.78 is 0. The third kappa shape index (κ3) is 5.64. The molecule has 0 aliphatic heterocycles. The number of rotatable bonds is 8. The third-order valence-corrected chi connectivity index (χ3v) is 4.91. The first-order valence-corrected chi connectivity index (χ1v) is 9.29. The number of hydrogen-bond donors (Lipinski definition) is 1. The number of carbonyl (C=O) groups excluding carboxylic acids is 1. The lowest BCUT2D eigenvalue weighted by Gasteiger charge is -2.26. The summed E-state index contributed by atoms with van der Waals surface area (Å²) in [5, 5.41) is 18.1. The van der Waals surface area contributed by atoms with Crippen LogP contribution in [0.25, 0.3) is 0 Å². The average Bonchev–Trinajstić information content (AvgIpc) is 2.66. The van der Waals surface area contributed by atoms with Crippen LogP contribution in [0.1, 0.15) is 23.6 Å². The van der Waals surface area contributed by atoms with Gasteiger partial charge in [0.1, 0.15) is 6.04 Å². The minimum atomic E-state index is -1.02. The van der Waals surface area contributed by atoms with Crippen LogP contribution in [-0.4, -0.2) is 33.7 Å². The Kier molecular flexibility index (Phi) is 7.24. The number of hydrogen-bond acceptors (Lipinski definition) is 4. The highest BCUT2D eigenvalue weighted by atomic mass is 32.2. The number of thioether (sulfide) groups is 1. The largest absolute Gasteiger partial charge is 0.480 e. The fraction of sp³-hybridized carbons (Fsp3) is 0.250. The van der Waals surface area contributed by atoms with Crippen molar-refractivity contribution in [2.75, 3.05) is 5.75 Å². The molecule has 6 heteroatoms. The van der Waals surface area contributed by atoms with Gasteiger partial charge in [0, 0.05) is 12.3 Å². The van der Waals surface area contributed by atoms with Crippen molar-refractivity contribution in [3.63, 3.8) is 0 Å². The molecule has 2 aromatic carbocycles. The quantitative estimate of drug-likeness (QED) is 0.773. The molecule has 0 aromatic heterocycles. The second-order valence-corrected chi connectivity index (χ2v) is 6.81. The number of benzene rings is 2. The van der Waals surface area contributed by atoms with Crippen LogP contribution in [-0.2, 0) is 21.9 Å². The summed E-state index contributed by atoms with van der Waals surface area (Å²) in [5.74, 6) is -0.406. The minimum Gasteiger partial charge on any atom is -0.480 e. The molecule has 2 rings (SSSR count). The molecule has 0 fully saturated rings. The van der Waals surface area contributed by atoms with E-state index in [1.807, 2.05) is 42.5 Å². The molecule has 2 aromatic rings. The molecule has 0 aliphatic carbocycles. The highest BCUT2D eigenvalue weighted by Gasteiger charge is 2.25. The van der Waals surface area contributed by atoms with Crippen molar-refractivity contribution in [2.45, 2.75) is 25.3 Å². The summed E-state index contributed by atoms with van der Waals surface area (Å²) in [6.07, 6.45) is 0. The Labute approximate surface area is 157 Å². The van der Waals surface area contributed by atoms with Crippen molar-refractivity contribution in [1.29, 1.82) is 5.26 Å². The predicted octanol–water partition coefficient (Wildman–Crippen LogP) is 3.29. The average molecular weight is 368 g/mol. The van der Waals surface area contributed by atoms with Gasteiger partial charge in [0.05, 0.1) is 17.4 Å². The van der Waals surface area contributed by atoms with E-state index >= 15 is 0 Å². The Hall–Kier alpha value is -2.78. The van der Waals surface area contributed by atoms with E-state index < -0.39 is 12.0 Å². The maximum atomic E-state index is 12.6. The van der Waals surface area contributed by atoms with E-state index in [1.165, 1.54) is 23.6 Å². The molecule has 1 atom stereocenters. The van der Waals surface area contributed by atoms with Gasteiger partial charge in [-0.25, -0.2) is 4.79 Å². The Balaban J connectivity index is 1.96. The maximum Gasteiger partial charge on any atom is 0.326 e. The van der Waals surface area contributed by atoms with Gasteiger partial charge in [-0.15, -0.1) is 11.8 Å². The van der Waals surface area contributed by atoms with Gasteiger partial charge in [-0.1, -0.05) is 42.5 Å². The van der Waals surface area contributed by atoms with E-state index in [4.69, 9.17) is 5.26 Å². The number of nitrogens with zero attached hydrogens (tertiary/aromatic N) is 2. The van der Waals surface area contributed by atoms with Crippen molar-refractivity contribution in [3.8, 4) is 6.07 Å². The van der Waals surface area contributed by atoms with Crippen LogP contribution in [0.4, 0.5) is 0 Å². The Bertz CT molecular complexity index is 785. The lowest BCUT2D eigenvalue weighted by atomic mass is 10.2. The summed E-state index contributed by atoms with van der Waals surface area (Å²) in [5.41, 5.74) is 2.51. The molecule has 0 saturated heterocycles. The molecule has 1 unspecified atom stereocenters. The molecule has 0 radical (unpaired) electrons. The van der Waals surface area contributed by atoms with E-state index in [0.29, 0.717) is 11.3 Å². The molecule has 26 heavy (non-hydrogen) atoms. The van der Waals surface area contributed by atoms with E-state index in [2.05, 4.69) is 6.07 Å². The summed E-state index contributed by atoms with van der Waals surface area (Å²) in [7, 11) is 0. The molecule has 0 aliphatic rings. The number of carboxylic acid groups (broad SMARTS) is 1. The number of nitriles is 1. The fourth-order valence-electron chi connectivity index (χ4n) is 2.37. The van der Waals surface area contributed by atoms with E-state index in [0.717, 1.165) is 11.1 Å². The van der Waals surface area contributed by atoms with Crippen LogP contribution in [0, 0.1) is 11.3 Å². The van der Waals surface area contributed by atoms with Crippen molar-refractivity contribution < 1.29 is 14.7 Å².